The first-order valence-corrected chi connectivity index (χ1v) is 7.77. The molecule has 1 heterocycles. The second-order valence-electron chi connectivity index (χ2n) is 5.33. The van der Waals surface area contributed by atoms with Crippen LogP contribution in [0.5, 0.6) is 0 Å². The smallest absolute Gasteiger partial charge is 0.0465 e. The Labute approximate surface area is 126 Å². The Bertz CT molecular complexity index is 402. The highest BCUT2D eigenvalue weighted by molar-refractivity contribution is 6.35. The molecule has 0 radical (unpaired) electrons. The number of nitrogens with one attached hydrogen (secondary N) is 1. The predicted octanol–water partition coefficient (Wildman–Crippen LogP) is 3.96. The highest BCUT2D eigenvalue weighted by Crippen LogP contribution is 2.27. The molecule has 1 aliphatic rings. The van der Waals surface area contributed by atoms with Gasteiger partial charge >= 0.3 is 0 Å². The van der Waals surface area contributed by atoms with Crippen molar-refractivity contribution in [2.24, 2.45) is 0 Å². The lowest BCUT2D eigenvalue weighted by molar-refractivity contribution is 0.194. The minimum atomic E-state index is 0.552. The highest BCUT2D eigenvalue weighted by atomic mass is 35.5. The molecule has 0 bridgehead atoms. The molecule has 106 valence electrons. The van der Waals surface area contributed by atoms with Crippen LogP contribution in [0.1, 0.15) is 32.3 Å². The second-order valence-corrected chi connectivity index (χ2v) is 6.14. The van der Waals surface area contributed by atoms with E-state index in [1.807, 2.05) is 18.2 Å². The molecule has 0 aliphatic carbocycles. The fourth-order valence-electron chi connectivity index (χ4n) is 2.59. The fourth-order valence-corrected chi connectivity index (χ4v) is 3.10. The van der Waals surface area contributed by atoms with E-state index in [1.54, 1.807) is 0 Å². The molecular weight excluding hydrogens is 279 g/mol. The summed E-state index contributed by atoms with van der Waals surface area (Å²) in [4.78, 5) is 2.49. The fraction of sp³-hybridized carbons (Fsp3) is 0.600. The van der Waals surface area contributed by atoms with Crippen molar-refractivity contribution in [1.29, 1.82) is 0 Å². The van der Waals surface area contributed by atoms with Gasteiger partial charge in [-0.2, -0.15) is 0 Å². The Balaban J connectivity index is 2.15. The van der Waals surface area contributed by atoms with Crippen molar-refractivity contribution in [3.63, 3.8) is 0 Å². The zero-order valence-electron chi connectivity index (χ0n) is 11.6. The summed E-state index contributed by atoms with van der Waals surface area (Å²) in [6, 6.07) is 6.85. The molecule has 2 nitrogen and oxygen atoms in total. The second kappa shape index (κ2) is 6.94. The van der Waals surface area contributed by atoms with Gasteiger partial charge in [-0.25, -0.2) is 0 Å². The number of halogens is 2. The van der Waals surface area contributed by atoms with Crippen LogP contribution in [0.4, 0.5) is 0 Å². The topological polar surface area (TPSA) is 15.3 Å². The Kier molecular flexibility index (Phi) is 5.52. The van der Waals surface area contributed by atoms with E-state index < -0.39 is 0 Å². The molecular formula is C15H22Cl2N2. The van der Waals surface area contributed by atoms with Crippen molar-refractivity contribution in [3.05, 3.63) is 33.8 Å². The van der Waals surface area contributed by atoms with E-state index in [4.69, 9.17) is 23.2 Å². The van der Waals surface area contributed by atoms with Crippen LogP contribution in [0.3, 0.4) is 0 Å². The minimum Gasteiger partial charge on any atom is -0.313 e. The van der Waals surface area contributed by atoms with E-state index >= 15 is 0 Å². The van der Waals surface area contributed by atoms with Crippen LogP contribution in [-0.2, 0) is 6.54 Å². The molecule has 19 heavy (non-hydrogen) atoms. The molecule has 1 aromatic carbocycles. The van der Waals surface area contributed by atoms with E-state index in [1.165, 1.54) is 6.42 Å². The van der Waals surface area contributed by atoms with Crippen LogP contribution in [0, 0.1) is 0 Å². The normalized spacial score (nSPS) is 25.3. The maximum Gasteiger partial charge on any atom is 0.0465 e. The summed E-state index contributed by atoms with van der Waals surface area (Å²) >= 11 is 12.6. The Hall–Kier alpha value is -0.280. The van der Waals surface area contributed by atoms with Gasteiger partial charge < -0.3 is 5.32 Å². The van der Waals surface area contributed by atoms with Crippen molar-refractivity contribution < 1.29 is 0 Å². The lowest BCUT2D eigenvalue weighted by Crippen LogP contribution is -2.39. The van der Waals surface area contributed by atoms with Gasteiger partial charge in [-0.3, -0.25) is 4.90 Å². The molecule has 2 rings (SSSR count). The Morgan fingerprint density at radius 1 is 1.32 bits per heavy atom. The van der Waals surface area contributed by atoms with E-state index in [0.717, 1.165) is 41.7 Å². The predicted molar refractivity (Wildman–Crippen MR) is 83.0 cm³/mol. The van der Waals surface area contributed by atoms with Crippen molar-refractivity contribution in [2.75, 3.05) is 13.1 Å². The van der Waals surface area contributed by atoms with E-state index in [0.29, 0.717) is 12.1 Å². The van der Waals surface area contributed by atoms with Gasteiger partial charge in [-0.15, -0.1) is 0 Å². The first-order chi connectivity index (χ1) is 9.11. The van der Waals surface area contributed by atoms with Gasteiger partial charge in [0.1, 0.15) is 0 Å². The van der Waals surface area contributed by atoms with Crippen molar-refractivity contribution in [1.82, 2.24) is 10.2 Å². The van der Waals surface area contributed by atoms with Crippen LogP contribution in [0.15, 0.2) is 18.2 Å². The maximum atomic E-state index is 6.28. The third kappa shape index (κ3) is 3.85. The number of benzene rings is 1. The SMILES string of the molecule is CCC1CN(Cc2c(Cl)cccc2Cl)C(C)CCN1. The first kappa shape index (κ1) is 15.1. The van der Waals surface area contributed by atoms with E-state index in [-0.39, 0.29) is 0 Å². The van der Waals surface area contributed by atoms with Gasteiger partial charge in [0.05, 0.1) is 0 Å². The standard InChI is InChI=1S/C15H22Cl2N2/c1-3-12-9-19(11(2)7-8-18-12)10-13-14(16)5-4-6-15(13)17/h4-6,11-12,18H,3,7-10H2,1-2H3. The highest BCUT2D eigenvalue weighted by Gasteiger charge is 2.23. The summed E-state index contributed by atoms with van der Waals surface area (Å²) in [5.74, 6) is 0. The van der Waals surface area contributed by atoms with Gasteiger partial charge in [0.25, 0.3) is 0 Å². The molecule has 0 aromatic heterocycles. The van der Waals surface area contributed by atoms with E-state index in [2.05, 4.69) is 24.1 Å². The van der Waals surface area contributed by atoms with Crippen LogP contribution < -0.4 is 5.32 Å². The van der Waals surface area contributed by atoms with Gasteiger partial charge in [0.15, 0.2) is 0 Å². The molecule has 1 N–H and O–H groups in total. The summed E-state index contributed by atoms with van der Waals surface area (Å²) in [6.45, 7) is 7.49. The van der Waals surface area contributed by atoms with Crippen LogP contribution in [0.2, 0.25) is 10.0 Å². The third-order valence-corrected chi connectivity index (χ3v) is 4.70. The van der Waals surface area contributed by atoms with Crippen molar-refractivity contribution >= 4 is 23.2 Å². The van der Waals surface area contributed by atoms with Crippen LogP contribution in [-0.4, -0.2) is 30.1 Å². The molecule has 1 saturated heterocycles. The zero-order valence-corrected chi connectivity index (χ0v) is 13.1. The van der Waals surface area contributed by atoms with Crippen molar-refractivity contribution in [2.45, 2.75) is 45.3 Å². The molecule has 1 aliphatic heterocycles. The number of rotatable bonds is 3. The average Bonchev–Trinajstić information content (AvgIpc) is 2.56. The lowest BCUT2D eigenvalue weighted by atomic mass is 10.1. The largest absolute Gasteiger partial charge is 0.313 e. The molecule has 0 amide bonds. The van der Waals surface area contributed by atoms with Gasteiger partial charge in [0.2, 0.25) is 0 Å². The molecule has 0 spiro atoms. The summed E-state index contributed by atoms with van der Waals surface area (Å²) < 4.78 is 0. The number of hydrogen-bond acceptors (Lipinski definition) is 2. The molecule has 4 heteroatoms. The van der Waals surface area contributed by atoms with E-state index in [9.17, 15) is 0 Å². The first-order valence-electron chi connectivity index (χ1n) is 7.02. The summed E-state index contributed by atoms with van der Waals surface area (Å²) in [5.41, 5.74) is 1.05. The van der Waals surface area contributed by atoms with Crippen molar-refractivity contribution in [3.8, 4) is 0 Å². The summed E-state index contributed by atoms with van der Waals surface area (Å²) in [5, 5.41) is 5.14. The monoisotopic (exact) mass is 300 g/mol. The summed E-state index contributed by atoms with van der Waals surface area (Å²) in [7, 11) is 0. The molecule has 0 saturated carbocycles. The molecule has 1 fully saturated rings. The molecule has 1 aromatic rings. The zero-order chi connectivity index (χ0) is 13.8. The van der Waals surface area contributed by atoms with Crippen LogP contribution >= 0.6 is 23.2 Å². The Morgan fingerprint density at radius 3 is 2.63 bits per heavy atom. The summed E-state index contributed by atoms with van der Waals surface area (Å²) in [6.07, 6.45) is 2.32. The Morgan fingerprint density at radius 2 is 2.00 bits per heavy atom. The lowest BCUT2D eigenvalue weighted by Gasteiger charge is -2.29. The quantitative estimate of drug-likeness (QED) is 0.909. The third-order valence-electron chi connectivity index (χ3n) is 3.99. The van der Waals surface area contributed by atoms with Gasteiger partial charge in [-0.05, 0) is 38.4 Å². The number of hydrogen-bond donors (Lipinski definition) is 1. The van der Waals surface area contributed by atoms with Gasteiger partial charge in [0, 0.05) is 40.8 Å². The molecule has 2 unspecified atom stereocenters. The maximum absolute atomic E-state index is 6.28. The minimum absolute atomic E-state index is 0.552. The average molecular weight is 301 g/mol. The number of nitrogens with zero attached hydrogens (tertiary/aromatic N) is 1. The van der Waals surface area contributed by atoms with Crippen LogP contribution in [0.25, 0.3) is 0 Å². The molecule has 2 atom stereocenters. The van der Waals surface area contributed by atoms with Gasteiger partial charge in [-0.1, -0.05) is 36.2 Å².